The number of carboxylic acids is 1. The van der Waals surface area contributed by atoms with Crippen molar-refractivity contribution in [2.45, 2.75) is 19.4 Å². The number of imidazole rings is 1. The first-order chi connectivity index (χ1) is 8.99. The van der Waals surface area contributed by atoms with Gasteiger partial charge in [0.05, 0.1) is 29.7 Å². The number of carboxylic acid groups (broad SMARTS) is 1. The Balaban J connectivity index is 0.00000147. The second-order valence-corrected chi connectivity index (χ2v) is 5.25. The van der Waals surface area contributed by atoms with E-state index in [9.17, 15) is 9.90 Å². The molecule has 1 aliphatic rings. The van der Waals surface area contributed by atoms with Crippen molar-refractivity contribution >= 4 is 5.97 Å². The number of carbonyl (C=O) groups is 1. The first kappa shape index (κ1) is 14.7. The van der Waals surface area contributed by atoms with Crippen molar-refractivity contribution in [1.29, 1.82) is 0 Å². The standard InChI is InChI=1S/C14H14N2O3.Li/c1-14(2)7-19-12-4-3-9(13(17)18)5-10(12)11-6-15-8-16(11)14;/h3-6,8H,7H2,1-2H3,(H,17,18);/q;+1/p-1. The van der Waals surface area contributed by atoms with E-state index in [2.05, 4.69) is 4.98 Å². The molecular formula is C14H13LiN2O3. The maximum atomic E-state index is 11.0. The molecule has 2 heterocycles. The van der Waals surface area contributed by atoms with Gasteiger partial charge in [-0.3, -0.25) is 0 Å². The van der Waals surface area contributed by atoms with Gasteiger partial charge in [0, 0.05) is 5.56 Å². The fourth-order valence-corrected chi connectivity index (χ4v) is 2.28. The smallest absolute Gasteiger partial charge is 0.545 e. The van der Waals surface area contributed by atoms with Gasteiger partial charge in [0.15, 0.2) is 0 Å². The quantitative estimate of drug-likeness (QED) is 0.561. The van der Waals surface area contributed by atoms with E-state index in [0.717, 1.165) is 11.3 Å². The van der Waals surface area contributed by atoms with Crippen LogP contribution in [0.5, 0.6) is 5.75 Å². The number of carbonyl (C=O) groups excluding carboxylic acids is 1. The molecule has 1 aromatic heterocycles. The number of hydrogen-bond acceptors (Lipinski definition) is 4. The molecule has 2 aromatic rings. The summed E-state index contributed by atoms with van der Waals surface area (Å²) in [5.74, 6) is -0.533. The Hall–Kier alpha value is -1.70. The van der Waals surface area contributed by atoms with Crippen molar-refractivity contribution < 1.29 is 33.5 Å². The second kappa shape index (κ2) is 5.01. The van der Waals surface area contributed by atoms with Crippen molar-refractivity contribution in [1.82, 2.24) is 9.55 Å². The van der Waals surface area contributed by atoms with Crippen LogP contribution >= 0.6 is 0 Å². The molecule has 0 atom stereocenters. The summed E-state index contributed by atoms with van der Waals surface area (Å²) in [6, 6.07) is 4.73. The van der Waals surface area contributed by atoms with Crippen molar-refractivity contribution in [2.75, 3.05) is 6.61 Å². The predicted molar refractivity (Wildman–Crippen MR) is 66.8 cm³/mol. The Morgan fingerprint density at radius 2 is 2.20 bits per heavy atom. The normalized spacial score (nSPS) is 15.1. The molecule has 0 saturated carbocycles. The summed E-state index contributed by atoms with van der Waals surface area (Å²) in [6.45, 7) is 4.58. The summed E-state index contributed by atoms with van der Waals surface area (Å²) in [4.78, 5) is 15.1. The second-order valence-electron chi connectivity index (χ2n) is 5.25. The van der Waals surface area contributed by atoms with Gasteiger partial charge in [-0.1, -0.05) is 0 Å². The Morgan fingerprint density at radius 1 is 1.45 bits per heavy atom. The van der Waals surface area contributed by atoms with Crippen LogP contribution < -0.4 is 28.7 Å². The summed E-state index contributed by atoms with van der Waals surface area (Å²) in [5.41, 5.74) is 1.46. The number of rotatable bonds is 1. The van der Waals surface area contributed by atoms with Crippen molar-refractivity contribution in [2.24, 2.45) is 0 Å². The fraction of sp³-hybridized carbons (Fsp3) is 0.286. The third-order valence-electron chi connectivity index (χ3n) is 3.36. The molecule has 3 rings (SSSR count). The first-order valence-corrected chi connectivity index (χ1v) is 6.00. The Morgan fingerprint density at radius 3 is 2.90 bits per heavy atom. The number of fused-ring (bicyclic) bond motifs is 3. The van der Waals surface area contributed by atoms with Crippen molar-refractivity contribution in [3.63, 3.8) is 0 Å². The minimum absolute atomic E-state index is 0. The minimum atomic E-state index is -1.20. The van der Waals surface area contributed by atoms with Gasteiger partial charge in [-0.25, -0.2) is 4.98 Å². The molecule has 0 unspecified atom stereocenters. The van der Waals surface area contributed by atoms with E-state index in [1.165, 1.54) is 6.07 Å². The average molecular weight is 264 g/mol. The van der Waals surface area contributed by atoms with Crippen LogP contribution in [-0.2, 0) is 5.54 Å². The van der Waals surface area contributed by atoms with E-state index in [1.54, 1.807) is 24.7 Å². The Bertz CT molecular complexity index is 664. The van der Waals surface area contributed by atoms with E-state index in [1.807, 2.05) is 18.4 Å². The van der Waals surface area contributed by atoms with Crippen LogP contribution in [0.3, 0.4) is 0 Å². The zero-order valence-electron chi connectivity index (χ0n) is 11.7. The first-order valence-electron chi connectivity index (χ1n) is 6.00. The third-order valence-corrected chi connectivity index (χ3v) is 3.36. The maximum absolute atomic E-state index is 11.0. The summed E-state index contributed by atoms with van der Waals surface area (Å²) >= 11 is 0. The minimum Gasteiger partial charge on any atom is -0.545 e. The number of benzene rings is 1. The number of aromatic carboxylic acids is 1. The van der Waals surface area contributed by atoms with E-state index in [4.69, 9.17) is 4.74 Å². The Labute approximate surface area is 128 Å². The molecule has 0 saturated heterocycles. The molecule has 1 aromatic carbocycles. The zero-order valence-corrected chi connectivity index (χ0v) is 11.7. The monoisotopic (exact) mass is 264 g/mol. The largest absolute Gasteiger partial charge is 1.00 e. The number of ether oxygens (including phenoxy) is 1. The van der Waals surface area contributed by atoms with Crippen LogP contribution in [0, 0.1) is 0 Å². The number of aromatic nitrogens is 2. The molecule has 98 valence electrons. The van der Waals surface area contributed by atoms with E-state index in [0.29, 0.717) is 12.4 Å². The molecule has 20 heavy (non-hydrogen) atoms. The molecule has 0 spiro atoms. The molecular weight excluding hydrogens is 251 g/mol. The molecule has 0 radical (unpaired) electrons. The van der Waals surface area contributed by atoms with E-state index >= 15 is 0 Å². The summed E-state index contributed by atoms with van der Waals surface area (Å²) < 4.78 is 7.78. The predicted octanol–water partition coefficient (Wildman–Crippen LogP) is -1.95. The molecule has 0 amide bonds. The van der Waals surface area contributed by atoms with Gasteiger partial charge >= 0.3 is 18.9 Å². The van der Waals surface area contributed by atoms with Crippen molar-refractivity contribution in [3.05, 3.63) is 36.3 Å². The SMILES string of the molecule is CC1(C)COc2ccc(C(=O)[O-])cc2-c2cncn21.[Li+]. The number of hydrogen-bond donors (Lipinski definition) is 0. The summed E-state index contributed by atoms with van der Waals surface area (Å²) in [7, 11) is 0. The summed E-state index contributed by atoms with van der Waals surface area (Å²) in [6.07, 6.45) is 3.45. The molecule has 0 aliphatic carbocycles. The summed E-state index contributed by atoms with van der Waals surface area (Å²) in [5, 5.41) is 11.0. The Kier molecular flexibility index (Phi) is 3.68. The number of nitrogens with zero attached hydrogens (tertiary/aromatic N) is 2. The molecule has 5 nitrogen and oxygen atoms in total. The molecule has 0 bridgehead atoms. The molecule has 0 N–H and O–H groups in total. The van der Waals surface area contributed by atoms with Gasteiger partial charge < -0.3 is 19.2 Å². The van der Waals surface area contributed by atoms with Crippen LogP contribution in [0.2, 0.25) is 0 Å². The van der Waals surface area contributed by atoms with Crippen LogP contribution in [0.25, 0.3) is 11.3 Å². The van der Waals surface area contributed by atoms with Gasteiger partial charge in [0.25, 0.3) is 0 Å². The van der Waals surface area contributed by atoms with Gasteiger partial charge in [0.1, 0.15) is 12.4 Å². The zero-order chi connectivity index (χ0) is 13.6. The maximum Gasteiger partial charge on any atom is 1.00 e. The average Bonchev–Trinajstić information content (AvgIpc) is 2.82. The molecule has 0 fully saturated rings. The fourth-order valence-electron chi connectivity index (χ4n) is 2.28. The van der Waals surface area contributed by atoms with Crippen molar-refractivity contribution in [3.8, 4) is 17.0 Å². The third kappa shape index (κ3) is 2.24. The van der Waals surface area contributed by atoms with Gasteiger partial charge in [0.2, 0.25) is 0 Å². The van der Waals surface area contributed by atoms with Crippen LogP contribution in [0.1, 0.15) is 24.2 Å². The van der Waals surface area contributed by atoms with Crippen LogP contribution in [0.15, 0.2) is 30.7 Å². The molecule has 1 aliphatic heterocycles. The van der Waals surface area contributed by atoms with Gasteiger partial charge in [-0.2, -0.15) is 0 Å². The van der Waals surface area contributed by atoms with Crippen LogP contribution in [0.4, 0.5) is 0 Å². The molecule has 6 heteroatoms. The van der Waals surface area contributed by atoms with E-state index < -0.39 is 5.97 Å². The van der Waals surface area contributed by atoms with Gasteiger partial charge in [-0.15, -0.1) is 0 Å². The van der Waals surface area contributed by atoms with Gasteiger partial charge in [-0.05, 0) is 37.6 Å². The van der Waals surface area contributed by atoms with E-state index in [-0.39, 0.29) is 30.0 Å². The van der Waals surface area contributed by atoms with Crippen LogP contribution in [-0.4, -0.2) is 22.1 Å². The topological polar surface area (TPSA) is 67.2 Å².